The summed E-state index contributed by atoms with van der Waals surface area (Å²) in [5, 5.41) is 0. The SMILES string of the molecule is C=C.C=CC.CC(C)=CCC1CCC1. The number of hydrogen-bond acceptors (Lipinski definition) is 0. The van der Waals surface area contributed by atoms with Crippen molar-refractivity contribution in [3.8, 4) is 0 Å². The fourth-order valence-electron chi connectivity index (χ4n) is 1.13. The van der Waals surface area contributed by atoms with Gasteiger partial charge in [0.2, 0.25) is 0 Å². The molecule has 1 aliphatic carbocycles. The van der Waals surface area contributed by atoms with Crippen molar-refractivity contribution in [1.82, 2.24) is 0 Å². The summed E-state index contributed by atoms with van der Waals surface area (Å²) < 4.78 is 0. The van der Waals surface area contributed by atoms with Crippen LogP contribution in [0.3, 0.4) is 0 Å². The molecule has 1 saturated carbocycles. The molecule has 0 aliphatic heterocycles. The molecule has 1 rings (SSSR count). The average molecular weight is 194 g/mol. The monoisotopic (exact) mass is 194 g/mol. The molecule has 0 aromatic heterocycles. The standard InChI is InChI=1S/C9H16.C3H6.C2H4/c1-8(2)6-7-9-4-3-5-9;1-3-2;1-2/h6,9H,3-5,7H2,1-2H3;3H,1H2,2H3;1-2H2. The smallest absolute Gasteiger partial charge is 0.0320 e. The highest BCUT2D eigenvalue weighted by molar-refractivity contribution is 4.95. The zero-order valence-electron chi connectivity index (χ0n) is 10.2. The van der Waals surface area contributed by atoms with Crippen LogP contribution in [-0.4, -0.2) is 0 Å². The fourth-order valence-corrected chi connectivity index (χ4v) is 1.13. The van der Waals surface area contributed by atoms with E-state index in [1.807, 2.05) is 6.92 Å². The summed E-state index contributed by atoms with van der Waals surface area (Å²) in [6, 6.07) is 0. The van der Waals surface area contributed by atoms with Crippen molar-refractivity contribution in [2.24, 2.45) is 5.92 Å². The Morgan fingerprint density at radius 3 is 1.93 bits per heavy atom. The third-order valence-corrected chi connectivity index (χ3v) is 2.08. The van der Waals surface area contributed by atoms with Gasteiger partial charge in [-0.1, -0.05) is 37.0 Å². The molecule has 82 valence electrons. The zero-order valence-corrected chi connectivity index (χ0v) is 10.2. The van der Waals surface area contributed by atoms with Gasteiger partial charge in [0.1, 0.15) is 0 Å². The molecule has 0 saturated heterocycles. The minimum Gasteiger partial charge on any atom is -0.106 e. The lowest BCUT2D eigenvalue weighted by atomic mass is 9.83. The van der Waals surface area contributed by atoms with Crippen molar-refractivity contribution < 1.29 is 0 Å². The highest BCUT2D eigenvalue weighted by Crippen LogP contribution is 2.29. The zero-order chi connectivity index (χ0) is 11.4. The maximum absolute atomic E-state index is 3.36. The Labute approximate surface area is 90.4 Å². The van der Waals surface area contributed by atoms with Crippen molar-refractivity contribution >= 4 is 0 Å². The second-order valence-electron chi connectivity index (χ2n) is 3.72. The Hall–Kier alpha value is -0.780. The molecule has 1 fully saturated rings. The van der Waals surface area contributed by atoms with Gasteiger partial charge in [0.05, 0.1) is 0 Å². The topological polar surface area (TPSA) is 0 Å². The van der Waals surface area contributed by atoms with Crippen LogP contribution in [-0.2, 0) is 0 Å². The van der Waals surface area contributed by atoms with E-state index in [1.165, 1.54) is 31.3 Å². The first kappa shape index (κ1) is 15.7. The van der Waals surface area contributed by atoms with Gasteiger partial charge >= 0.3 is 0 Å². The van der Waals surface area contributed by atoms with Gasteiger partial charge < -0.3 is 0 Å². The summed E-state index contributed by atoms with van der Waals surface area (Å²) >= 11 is 0. The van der Waals surface area contributed by atoms with Gasteiger partial charge in [-0.3, -0.25) is 0 Å². The Morgan fingerprint density at radius 1 is 1.29 bits per heavy atom. The van der Waals surface area contributed by atoms with Crippen LogP contribution >= 0.6 is 0 Å². The lowest BCUT2D eigenvalue weighted by Gasteiger charge is -2.23. The second-order valence-corrected chi connectivity index (χ2v) is 3.72. The maximum Gasteiger partial charge on any atom is -0.0320 e. The van der Waals surface area contributed by atoms with Crippen molar-refractivity contribution in [3.05, 3.63) is 37.5 Å². The van der Waals surface area contributed by atoms with Crippen LogP contribution in [0, 0.1) is 5.92 Å². The average Bonchev–Trinajstić information content (AvgIpc) is 2.06. The van der Waals surface area contributed by atoms with Gasteiger partial charge in [-0.25, -0.2) is 0 Å². The van der Waals surface area contributed by atoms with E-state index in [1.54, 1.807) is 6.08 Å². The van der Waals surface area contributed by atoms with Gasteiger partial charge in [-0.15, -0.1) is 19.7 Å². The third-order valence-electron chi connectivity index (χ3n) is 2.08. The van der Waals surface area contributed by atoms with E-state index in [-0.39, 0.29) is 0 Å². The van der Waals surface area contributed by atoms with Crippen LogP contribution < -0.4 is 0 Å². The van der Waals surface area contributed by atoms with Crippen molar-refractivity contribution in [2.75, 3.05) is 0 Å². The first-order valence-corrected chi connectivity index (χ1v) is 5.41. The molecule has 0 unspecified atom stereocenters. The minimum absolute atomic E-state index is 1.04. The van der Waals surface area contributed by atoms with Gasteiger partial charge in [0, 0.05) is 0 Å². The van der Waals surface area contributed by atoms with Crippen molar-refractivity contribution in [2.45, 2.75) is 46.5 Å². The quantitative estimate of drug-likeness (QED) is 0.534. The number of allylic oxidation sites excluding steroid dienone is 3. The molecule has 0 spiro atoms. The second kappa shape index (κ2) is 12.2. The van der Waals surface area contributed by atoms with E-state index in [4.69, 9.17) is 0 Å². The van der Waals surface area contributed by atoms with E-state index in [0.29, 0.717) is 0 Å². The van der Waals surface area contributed by atoms with E-state index < -0.39 is 0 Å². The van der Waals surface area contributed by atoms with E-state index in [2.05, 4.69) is 39.7 Å². The van der Waals surface area contributed by atoms with Crippen LogP contribution in [0.5, 0.6) is 0 Å². The highest BCUT2D eigenvalue weighted by atomic mass is 14.2. The van der Waals surface area contributed by atoms with E-state index in [9.17, 15) is 0 Å². The molecule has 0 heterocycles. The summed E-state index contributed by atoms with van der Waals surface area (Å²) in [5.41, 5.74) is 1.47. The molecule has 0 aromatic carbocycles. The molecule has 0 nitrogen and oxygen atoms in total. The van der Waals surface area contributed by atoms with E-state index in [0.717, 1.165) is 5.92 Å². The summed E-state index contributed by atoms with van der Waals surface area (Å²) in [6.45, 7) is 15.6. The van der Waals surface area contributed by atoms with Crippen LogP contribution in [0.2, 0.25) is 0 Å². The molecular weight excluding hydrogens is 168 g/mol. The molecule has 0 bridgehead atoms. The molecule has 1 aliphatic rings. The predicted molar refractivity (Wildman–Crippen MR) is 68.5 cm³/mol. The first-order chi connectivity index (χ1) is 6.70. The van der Waals surface area contributed by atoms with Crippen molar-refractivity contribution in [1.29, 1.82) is 0 Å². The Morgan fingerprint density at radius 2 is 1.71 bits per heavy atom. The minimum atomic E-state index is 1.04. The van der Waals surface area contributed by atoms with Gasteiger partial charge in [-0.2, -0.15) is 0 Å². The van der Waals surface area contributed by atoms with Crippen LogP contribution in [0.15, 0.2) is 37.5 Å². The van der Waals surface area contributed by atoms with Crippen LogP contribution in [0.1, 0.15) is 46.5 Å². The lowest BCUT2D eigenvalue weighted by molar-refractivity contribution is 0.319. The molecule has 0 radical (unpaired) electrons. The molecule has 14 heavy (non-hydrogen) atoms. The fraction of sp³-hybridized carbons (Fsp3) is 0.571. The van der Waals surface area contributed by atoms with E-state index >= 15 is 0 Å². The Balaban J connectivity index is 0. The maximum atomic E-state index is 3.36. The summed E-state index contributed by atoms with van der Waals surface area (Å²) in [5.74, 6) is 1.04. The van der Waals surface area contributed by atoms with Crippen LogP contribution in [0.25, 0.3) is 0 Å². The highest BCUT2D eigenvalue weighted by Gasteiger charge is 2.14. The number of hydrogen-bond donors (Lipinski definition) is 0. The molecule has 0 atom stereocenters. The summed E-state index contributed by atoms with van der Waals surface area (Å²) in [4.78, 5) is 0. The molecule has 0 amide bonds. The first-order valence-electron chi connectivity index (χ1n) is 5.41. The molecular formula is C14H26. The summed E-state index contributed by atoms with van der Waals surface area (Å²) in [6.07, 6.45) is 9.88. The Bertz CT molecular complexity index is 145. The number of rotatable bonds is 2. The predicted octanol–water partition coefficient (Wildman–Crippen LogP) is 5.14. The molecule has 0 heteroatoms. The third kappa shape index (κ3) is 11.2. The molecule has 0 aromatic rings. The van der Waals surface area contributed by atoms with Crippen LogP contribution in [0.4, 0.5) is 0 Å². The van der Waals surface area contributed by atoms with Gasteiger partial charge in [0.15, 0.2) is 0 Å². The van der Waals surface area contributed by atoms with Gasteiger partial charge in [-0.05, 0) is 33.1 Å². The normalized spacial score (nSPS) is 13.4. The lowest BCUT2D eigenvalue weighted by Crippen LogP contribution is -2.09. The summed E-state index contributed by atoms with van der Waals surface area (Å²) in [7, 11) is 0. The Kier molecular flexibility index (Phi) is 13.7. The largest absolute Gasteiger partial charge is 0.106 e. The van der Waals surface area contributed by atoms with Crippen molar-refractivity contribution in [3.63, 3.8) is 0 Å². The molecule has 0 N–H and O–H groups in total. The van der Waals surface area contributed by atoms with Gasteiger partial charge in [0.25, 0.3) is 0 Å².